The lowest BCUT2D eigenvalue weighted by atomic mass is 10.1. The molecule has 1 rings (SSSR count). The van der Waals surface area contributed by atoms with Crippen LogP contribution in [0.4, 0.5) is 14.9 Å². The summed E-state index contributed by atoms with van der Waals surface area (Å²) >= 11 is 0. The smallest absolute Gasteiger partial charge is 0.411 e. The van der Waals surface area contributed by atoms with Crippen LogP contribution in [-0.2, 0) is 9.47 Å². The molecule has 0 spiro atoms. The molecular weight excluding hydrogens is 241 g/mol. The van der Waals surface area contributed by atoms with Crippen molar-refractivity contribution in [3.8, 4) is 0 Å². The van der Waals surface area contributed by atoms with Gasteiger partial charge in [0.05, 0.1) is 24.5 Å². The second kappa shape index (κ2) is 6.00. The SMILES string of the molecule is COC(=O)c1cccc(F)c1NC(=O)OC(C)C. The highest BCUT2D eigenvalue weighted by molar-refractivity contribution is 5.99. The number of nitrogens with one attached hydrogen (secondary N) is 1. The molecule has 1 aromatic rings. The molecule has 0 fully saturated rings. The fourth-order valence-corrected chi connectivity index (χ4v) is 1.28. The van der Waals surface area contributed by atoms with Crippen molar-refractivity contribution in [2.75, 3.05) is 12.4 Å². The molecule has 98 valence electrons. The number of para-hydroxylation sites is 1. The van der Waals surface area contributed by atoms with Gasteiger partial charge in [0.15, 0.2) is 0 Å². The Hall–Kier alpha value is -2.11. The van der Waals surface area contributed by atoms with E-state index in [0.29, 0.717) is 0 Å². The molecule has 1 N–H and O–H groups in total. The molecule has 1 amide bonds. The first-order valence-electron chi connectivity index (χ1n) is 5.30. The van der Waals surface area contributed by atoms with Crippen LogP contribution in [0.2, 0.25) is 0 Å². The standard InChI is InChI=1S/C12H14FNO4/c1-7(2)18-12(16)14-10-8(11(15)17-3)5-4-6-9(10)13/h4-7H,1-3H3,(H,14,16). The maximum absolute atomic E-state index is 13.6. The molecule has 0 atom stereocenters. The Morgan fingerprint density at radius 3 is 2.56 bits per heavy atom. The molecule has 0 aliphatic heterocycles. The molecule has 0 heterocycles. The Bertz CT molecular complexity index is 459. The number of carbonyl (C=O) groups excluding carboxylic acids is 2. The summed E-state index contributed by atoms with van der Waals surface area (Å²) in [7, 11) is 1.17. The molecule has 18 heavy (non-hydrogen) atoms. The van der Waals surface area contributed by atoms with E-state index in [4.69, 9.17) is 4.74 Å². The fourth-order valence-electron chi connectivity index (χ4n) is 1.28. The number of methoxy groups -OCH3 is 1. The summed E-state index contributed by atoms with van der Waals surface area (Å²) in [5.41, 5.74) is -0.326. The second-order valence-electron chi connectivity index (χ2n) is 3.73. The van der Waals surface area contributed by atoms with Crippen LogP contribution < -0.4 is 5.32 Å². The monoisotopic (exact) mass is 255 g/mol. The molecule has 1 aromatic carbocycles. The normalized spacial score (nSPS) is 10.1. The minimum atomic E-state index is -0.833. The molecule has 0 aromatic heterocycles. The number of esters is 1. The van der Waals surface area contributed by atoms with Gasteiger partial charge in [-0.05, 0) is 26.0 Å². The van der Waals surface area contributed by atoms with Gasteiger partial charge < -0.3 is 9.47 Å². The number of rotatable bonds is 3. The van der Waals surface area contributed by atoms with E-state index in [0.717, 1.165) is 6.07 Å². The summed E-state index contributed by atoms with van der Waals surface area (Å²) in [4.78, 5) is 22.8. The van der Waals surface area contributed by atoms with Crippen LogP contribution in [0.5, 0.6) is 0 Å². The van der Waals surface area contributed by atoms with Gasteiger partial charge in [-0.25, -0.2) is 14.0 Å². The van der Waals surface area contributed by atoms with Crippen LogP contribution >= 0.6 is 0 Å². The summed E-state index contributed by atoms with van der Waals surface area (Å²) in [6, 6.07) is 3.82. The van der Waals surface area contributed by atoms with E-state index in [1.165, 1.54) is 19.2 Å². The zero-order chi connectivity index (χ0) is 13.7. The Morgan fingerprint density at radius 1 is 1.33 bits per heavy atom. The fraction of sp³-hybridized carbons (Fsp3) is 0.333. The third-order valence-electron chi connectivity index (χ3n) is 1.99. The number of hydrogen-bond donors (Lipinski definition) is 1. The van der Waals surface area contributed by atoms with Crippen molar-refractivity contribution in [1.82, 2.24) is 0 Å². The predicted molar refractivity (Wildman–Crippen MR) is 63.0 cm³/mol. The van der Waals surface area contributed by atoms with Crippen LogP contribution in [-0.4, -0.2) is 25.3 Å². The van der Waals surface area contributed by atoms with Gasteiger partial charge in [-0.3, -0.25) is 5.32 Å². The minimum absolute atomic E-state index is 0.0711. The number of ether oxygens (including phenoxy) is 2. The number of benzene rings is 1. The molecular formula is C12H14FNO4. The highest BCUT2D eigenvalue weighted by Gasteiger charge is 2.18. The van der Waals surface area contributed by atoms with E-state index >= 15 is 0 Å². The second-order valence-corrected chi connectivity index (χ2v) is 3.73. The number of hydrogen-bond acceptors (Lipinski definition) is 4. The van der Waals surface area contributed by atoms with E-state index in [2.05, 4.69) is 10.1 Å². The van der Waals surface area contributed by atoms with E-state index < -0.39 is 17.9 Å². The van der Waals surface area contributed by atoms with Crippen molar-refractivity contribution in [3.05, 3.63) is 29.6 Å². The lowest BCUT2D eigenvalue weighted by molar-refractivity contribution is 0.0601. The first-order valence-corrected chi connectivity index (χ1v) is 5.30. The largest absolute Gasteiger partial charge is 0.465 e. The summed E-state index contributed by atoms with van der Waals surface area (Å²) in [5.74, 6) is -1.48. The minimum Gasteiger partial charge on any atom is -0.465 e. The van der Waals surface area contributed by atoms with Crippen molar-refractivity contribution in [2.45, 2.75) is 20.0 Å². The Kier molecular flexibility index (Phi) is 4.65. The van der Waals surface area contributed by atoms with Gasteiger partial charge in [-0.1, -0.05) is 6.07 Å². The highest BCUT2D eigenvalue weighted by Crippen LogP contribution is 2.21. The van der Waals surface area contributed by atoms with Crippen LogP contribution in [0.3, 0.4) is 0 Å². The number of amides is 1. The van der Waals surface area contributed by atoms with Crippen molar-refractivity contribution in [3.63, 3.8) is 0 Å². The van der Waals surface area contributed by atoms with Crippen molar-refractivity contribution in [1.29, 1.82) is 0 Å². The van der Waals surface area contributed by atoms with Crippen molar-refractivity contribution >= 4 is 17.7 Å². The van der Waals surface area contributed by atoms with E-state index in [1.54, 1.807) is 13.8 Å². The maximum atomic E-state index is 13.6. The average molecular weight is 255 g/mol. The lowest BCUT2D eigenvalue weighted by Gasteiger charge is -2.12. The zero-order valence-corrected chi connectivity index (χ0v) is 10.3. The average Bonchev–Trinajstić information content (AvgIpc) is 2.29. The number of halogens is 1. The summed E-state index contributed by atoms with van der Waals surface area (Å²) < 4.78 is 22.9. The van der Waals surface area contributed by atoms with E-state index in [1.807, 2.05) is 0 Å². The third kappa shape index (κ3) is 3.44. The molecule has 0 aliphatic carbocycles. The predicted octanol–water partition coefficient (Wildman–Crippen LogP) is 2.57. The quantitative estimate of drug-likeness (QED) is 0.843. The van der Waals surface area contributed by atoms with E-state index in [-0.39, 0.29) is 17.4 Å². The van der Waals surface area contributed by atoms with Gasteiger partial charge in [-0.2, -0.15) is 0 Å². The Balaban J connectivity index is 3.00. The number of carbonyl (C=O) groups is 2. The Labute approximate surface area is 104 Å². The topological polar surface area (TPSA) is 64.6 Å². The van der Waals surface area contributed by atoms with Gasteiger partial charge in [0.1, 0.15) is 5.82 Å². The Morgan fingerprint density at radius 2 is 2.00 bits per heavy atom. The number of anilines is 1. The van der Waals surface area contributed by atoms with Gasteiger partial charge in [0.2, 0.25) is 0 Å². The molecule has 0 saturated heterocycles. The molecule has 5 nitrogen and oxygen atoms in total. The van der Waals surface area contributed by atoms with Crippen molar-refractivity contribution < 1.29 is 23.5 Å². The first kappa shape index (κ1) is 14.0. The molecule has 0 saturated carbocycles. The van der Waals surface area contributed by atoms with Crippen LogP contribution in [0.15, 0.2) is 18.2 Å². The molecule has 0 bridgehead atoms. The van der Waals surface area contributed by atoms with Gasteiger partial charge in [0.25, 0.3) is 0 Å². The zero-order valence-electron chi connectivity index (χ0n) is 10.3. The van der Waals surface area contributed by atoms with Crippen molar-refractivity contribution in [2.24, 2.45) is 0 Å². The van der Waals surface area contributed by atoms with Crippen LogP contribution in [0, 0.1) is 5.82 Å². The molecule has 0 radical (unpaired) electrons. The molecule has 6 heteroatoms. The van der Waals surface area contributed by atoms with Crippen LogP contribution in [0.25, 0.3) is 0 Å². The summed E-state index contributed by atoms with van der Waals surface area (Å²) in [6.07, 6.45) is -1.18. The first-order chi connectivity index (χ1) is 8.45. The van der Waals surface area contributed by atoms with Gasteiger partial charge in [0, 0.05) is 0 Å². The van der Waals surface area contributed by atoms with Gasteiger partial charge in [-0.15, -0.1) is 0 Å². The maximum Gasteiger partial charge on any atom is 0.411 e. The highest BCUT2D eigenvalue weighted by atomic mass is 19.1. The van der Waals surface area contributed by atoms with Crippen LogP contribution in [0.1, 0.15) is 24.2 Å². The molecule has 0 aliphatic rings. The lowest BCUT2D eigenvalue weighted by Crippen LogP contribution is -2.20. The van der Waals surface area contributed by atoms with E-state index in [9.17, 15) is 14.0 Å². The van der Waals surface area contributed by atoms with Gasteiger partial charge >= 0.3 is 12.1 Å². The summed E-state index contributed by atoms with van der Waals surface area (Å²) in [5, 5.41) is 2.19. The summed E-state index contributed by atoms with van der Waals surface area (Å²) in [6.45, 7) is 3.31. The molecule has 0 unspecified atom stereocenters. The third-order valence-corrected chi connectivity index (χ3v) is 1.99.